The van der Waals surface area contributed by atoms with Gasteiger partial charge in [-0.2, -0.15) is 0 Å². The molecule has 1 atom stereocenters. The summed E-state index contributed by atoms with van der Waals surface area (Å²) in [6.45, 7) is 7.06. The Hall–Kier alpha value is -1.55. The molecule has 0 fully saturated rings. The smallest absolute Gasteiger partial charge is 0.234 e. The molecule has 4 nitrogen and oxygen atoms in total. The molecular formula is C15H22N2O2. The second kappa shape index (κ2) is 6.57. The molecule has 1 aliphatic rings. The van der Waals surface area contributed by atoms with Crippen LogP contribution < -0.4 is 10.1 Å². The SMILES string of the molecule is CCN(CC)CC(=O)NC1CCOc2ccccc21. The molecule has 1 heterocycles. The fourth-order valence-corrected chi connectivity index (χ4v) is 2.38. The molecule has 1 aromatic rings. The molecule has 0 aromatic heterocycles. The van der Waals surface area contributed by atoms with Crippen molar-refractivity contribution in [1.29, 1.82) is 0 Å². The summed E-state index contributed by atoms with van der Waals surface area (Å²) in [6, 6.07) is 8.00. The van der Waals surface area contributed by atoms with Crippen molar-refractivity contribution in [2.75, 3.05) is 26.2 Å². The van der Waals surface area contributed by atoms with Crippen molar-refractivity contribution in [3.05, 3.63) is 29.8 Å². The number of fused-ring (bicyclic) bond motifs is 1. The van der Waals surface area contributed by atoms with E-state index in [-0.39, 0.29) is 11.9 Å². The molecule has 0 spiro atoms. The highest BCUT2D eigenvalue weighted by Crippen LogP contribution is 2.31. The Kier molecular flexibility index (Phi) is 4.80. The van der Waals surface area contributed by atoms with Crippen molar-refractivity contribution < 1.29 is 9.53 Å². The number of nitrogens with zero attached hydrogens (tertiary/aromatic N) is 1. The minimum atomic E-state index is 0.0769. The number of ether oxygens (including phenoxy) is 1. The van der Waals surface area contributed by atoms with E-state index in [1.807, 2.05) is 24.3 Å². The molecule has 1 amide bonds. The molecule has 4 heteroatoms. The van der Waals surface area contributed by atoms with Gasteiger partial charge in [-0.25, -0.2) is 0 Å². The monoisotopic (exact) mass is 262 g/mol. The maximum Gasteiger partial charge on any atom is 0.234 e. The zero-order valence-electron chi connectivity index (χ0n) is 11.7. The molecule has 1 unspecified atom stereocenters. The Balaban J connectivity index is 1.99. The van der Waals surface area contributed by atoms with Gasteiger partial charge in [-0.3, -0.25) is 9.69 Å². The maximum absolute atomic E-state index is 12.1. The van der Waals surface area contributed by atoms with Gasteiger partial charge in [0.25, 0.3) is 0 Å². The predicted molar refractivity (Wildman–Crippen MR) is 75.2 cm³/mol. The third-order valence-electron chi connectivity index (χ3n) is 3.56. The second-order valence-corrected chi connectivity index (χ2v) is 4.76. The number of amides is 1. The summed E-state index contributed by atoms with van der Waals surface area (Å²) in [7, 11) is 0. The molecule has 104 valence electrons. The first-order valence-corrected chi connectivity index (χ1v) is 6.98. The van der Waals surface area contributed by atoms with Gasteiger partial charge in [-0.05, 0) is 19.2 Å². The van der Waals surface area contributed by atoms with Crippen molar-refractivity contribution in [1.82, 2.24) is 10.2 Å². The lowest BCUT2D eigenvalue weighted by Gasteiger charge is -2.27. The van der Waals surface area contributed by atoms with Crippen LogP contribution in [0.3, 0.4) is 0 Å². The van der Waals surface area contributed by atoms with Gasteiger partial charge in [0.1, 0.15) is 5.75 Å². The molecule has 0 saturated heterocycles. The van der Waals surface area contributed by atoms with E-state index < -0.39 is 0 Å². The maximum atomic E-state index is 12.1. The third kappa shape index (κ3) is 3.47. The van der Waals surface area contributed by atoms with Crippen LogP contribution in [0, 0.1) is 0 Å². The van der Waals surface area contributed by atoms with Crippen LogP contribution in [-0.2, 0) is 4.79 Å². The van der Waals surface area contributed by atoms with Crippen LogP contribution in [0.5, 0.6) is 5.75 Å². The van der Waals surface area contributed by atoms with E-state index >= 15 is 0 Å². The lowest BCUT2D eigenvalue weighted by atomic mass is 10.0. The summed E-state index contributed by atoms with van der Waals surface area (Å²) in [6.07, 6.45) is 0.834. The van der Waals surface area contributed by atoms with Crippen molar-refractivity contribution in [2.24, 2.45) is 0 Å². The Morgan fingerprint density at radius 2 is 2.11 bits per heavy atom. The van der Waals surface area contributed by atoms with Gasteiger partial charge in [0.05, 0.1) is 19.2 Å². The first kappa shape index (κ1) is 13.9. The Labute approximate surface area is 114 Å². The number of carbonyl (C=O) groups is 1. The minimum Gasteiger partial charge on any atom is -0.493 e. The molecule has 0 saturated carbocycles. The number of likely N-dealkylation sites (N-methyl/N-ethyl adjacent to an activating group) is 1. The lowest BCUT2D eigenvalue weighted by Crippen LogP contribution is -2.40. The van der Waals surface area contributed by atoms with Crippen LogP contribution in [0.1, 0.15) is 31.9 Å². The van der Waals surface area contributed by atoms with Crippen LogP contribution >= 0.6 is 0 Å². The van der Waals surface area contributed by atoms with Gasteiger partial charge in [0, 0.05) is 12.0 Å². The van der Waals surface area contributed by atoms with E-state index in [0.29, 0.717) is 13.2 Å². The van der Waals surface area contributed by atoms with E-state index in [9.17, 15) is 4.79 Å². The standard InChI is InChI=1S/C15H22N2O2/c1-3-17(4-2)11-15(18)16-13-9-10-19-14-8-6-5-7-12(13)14/h5-8,13H,3-4,9-11H2,1-2H3,(H,16,18). The average Bonchev–Trinajstić information content (AvgIpc) is 2.45. The number of para-hydroxylation sites is 1. The largest absolute Gasteiger partial charge is 0.493 e. The van der Waals surface area contributed by atoms with E-state index in [2.05, 4.69) is 24.1 Å². The Morgan fingerprint density at radius 1 is 1.37 bits per heavy atom. The van der Waals surface area contributed by atoms with Crippen LogP contribution in [0.15, 0.2) is 24.3 Å². The van der Waals surface area contributed by atoms with Crippen molar-refractivity contribution in [3.8, 4) is 5.75 Å². The summed E-state index contributed by atoms with van der Waals surface area (Å²) in [5.74, 6) is 0.979. The first-order valence-electron chi connectivity index (χ1n) is 6.98. The van der Waals surface area contributed by atoms with Crippen LogP contribution in [0.25, 0.3) is 0 Å². The molecule has 1 N–H and O–H groups in total. The molecule has 0 radical (unpaired) electrons. The normalized spacial score (nSPS) is 17.7. The molecule has 0 bridgehead atoms. The molecular weight excluding hydrogens is 240 g/mol. The van der Waals surface area contributed by atoms with Gasteiger partial charge >= 0.3 is 0 Å². The lowest BCUT2D eigenvalue weighted by molar-refractivity contribution is -0.123. The van der Waals surface area contributed by atoms with Gasteiger partial charge < -0.3 is 10.1 Å². The van der Waals surface area contributed by atoms with E-state index in [1.165, 1.54) is 0 Å². The zero-order chi connectivity index (χ0) is 13.7. The molecule has 2 rings (SSSR count). The van der Waals surface area contributed by atoms with Gasteiger partial charge in [-0.1, -0.05) is 32.0 Å². The summed E-state index contributed by atoms with van der Waals surface area (Å²) >= 11 is 0. The quantitative estimate of drug-likeness (QED) is 0.882. The number of hydrogen-bond donors (Lipinski definition) is 1. The highest BCUT2D eigenvalue weighted by atomic mass is 16.5. The van der Waals surface area contributed by atoms with Crippen molar-refractivity contribution in [2.45, 2.75) is 26.3 Å². The van der Waals surface area contributed by atoms with Gasteiger partial charge in [0.15, 0.2) is 0 Å². The molecule has 19 heavy (non-hydrogen) atoms. The summed E-state index contributed by atoms with van der Waals surface area (Å²) in [5, 5.41) is 3.11. The summed E-state index contributed by atoms with van der Waals surface area (Å²) < 4.78 is 5.60. The fraction of sp³-hybridized carbons (Fsp3) is 0.533. The van der Waals surface area contributed by atoms with Gasteiger partial charge in [0.2, 0.25) is 5.91 Å². The predicted octanol–water partition coefficient (Wildman–Crippen LogP) is 1.97. The number of carbonyl (C=O) groups excluding carboxylic acids is 1. The van der Waals surface area contributed by atoms with Crippen molar-refractivity contribution in [3.63, 3.8) is 0 Å². The molecule has 0 aliphatic carbocycles. The number of nitrogens with one attached hydrogen (secondary N) is 1. The topological polar surface area (TPSA) is 41.6 Å². The number of rotatable bonds is 5. The Bertz CT molecular complexity index is 430. The Morgan fingerprint density at radius 3 is 2.84 bits per heavy atom. The van der Waals surface area contributed by atoms with Crippen molar-refractivity contribution >= 4 is 5.91 Å². The molecule has 1 aromatic carbocycles. The first-order chi connectivity index (χ1) is 9.24. The number of hydrogen-bond acceptors (Lipinski definition) is 3. The van der Waals surface area contributed by atoms with Crippen LogP contribution in [-0.4, -0.2) is 37.0 Å². The zero-order valence-corrected chi connectivity index (χ0v) is 11.7. The van der Waals surface area contributed by atoms with E-state index in [0.717, 1.165) is 30.8 Å². The van der Waals surface area contributed by atoms with E-state index in [4.69, 9.17) is 4.74 Å². The van der Waals surface area contributed by atoms with E-state index in [1.54, 1.807) is 0 Å². The van der Waals surface area contributed by atoms with Gasteiger partial charge in [-0.15, -0.1) is 0 Å². The van der Waals surface area contributed by atoms with Crippen LogP contribution in [0.4, 0.5) is 0 Å². The second-order valence-electron chi connectivity index (χ2n) is 4.76. The summed E-state index contributed by atoms with van der Waals surface area (Å²) in [4.78, 5) is 14.2. The highest BCUT2D eigenvalue weighted by Gasteiger charge is 2.22. The average molecular weight is 262 g/mol. The third-order valence-corrected chi connectivity index (χ3v) is 3.56. The van der Waals surface area contributed by atoms with Crippen LogP contribution in [0.2, 0.25) is 0 Å². The fourth-order valence-electron chi connectivity index (χ4n) is 2.38. The summed E-state index contributed by atoms with van der Waals surface area (Å²) in [5.41, 5.74) is 1.08. The number of benzene rings is 1. The molecule has 1 aliphatic heterocycles. The minimum absolute atomic E-state index is 0.0769. The highest BCUT2D eigenvalue weighted by molar-refractivity contribution is 5.78.